The first-order valence-electron chi connectivity index (χ1n) is 4.80. The van der Waals surface area contributed by atoms with Gasteiger partial charge in [-0.15, -0.1) is 0 Å². The Morgan fingerprint density at radius 3 is 2.42 bits per heavy atom. The SMILES string of the molecule is CCC(CCO)NCCCCO. The van der Waals surface area contributed by atoms with Gasteiger partial charge >= 0.3 is 0 Å². The summed E-state index contributed by atoms with van der Waals surface area (Å²) in [5.74, 6) is 0. The molecule has 0 aliphatic carbocycles. The lowest BCUT2D eigenvalue weighted by molar-refractivity contribution is 0.258. The molecule has 0 spiro atoms. The predicted octanol–water partition coefficient (Wildman–Crippen LogP) is 0.510. The Hall–Kier alpha value is -0.120. The molecule has 74 valence electrons. The van der Waals surface area contributed by atoms with Crippen LogP contribution in [0.25, 0.3) is 0 Å². The van der Waals surface area contributed by atoms with Crippen LogP contribution in [0.15, 0.2) is 0 Å². The molecule has 0 aromatic heterocycles. The zero-order valence-electron chi connectivity index (χ0n) is 7.92. The van der Waals surface area contributed by atoms with E-state index in [4.69, 9.17) is 10.2 Å². The van der Waals surface area contributed by atoms with Gasteiger partial charge in [-0.25, -0.2) is 0 Å². The van der Waals surface area contributed by atoms with Crippen molar-refractivity contribution in [2.24, 2.45) is 0 Å². The van der Waals surface area contributed by atoms with Crippen LogP contribution < -0.4 is 5.32 Å². The van der Waals surface area contributed by atoms with E-state index in [1.165, 1.54) is 0 Å². The molecule has 0 heterocycles. The number of hydrogen-bond donors (Lipinski definition) is 3. The standard InChI is InChI=1S/C9H21NO2/c1-2-9(5-8-12)10-6-3-4-7-11/h9-12H,2-8H2,1H3. The molecule has 0 aliphatic rings. The number of rotatable bonds is 8. The van der Waals surface area contributed by atoms with Crippen molar-refractivity contribution in [1.82, 2.24) is 5.32 Å². The molecular formula is C9H21NO2. The molecule has 0 aliphatic heterocycles. The molecule has 3 N–H and O–H groups in total. The third-order valence-electron chi connectivity index (χ3n) is 1.99. The van der Waals surface area contributed by atoms with Crippen molar-refractivity contribution in [3.05, 3.63) is 0 Å². The Labute approximate surface area is 74.8 Å². The fraction of sp³-hybridized carbons (Fsp3) is 1.00. The van der Waals surface area contributed by atoms with E-state index in [0.29, 0.717) is 6.04 Å². The number of nitrogens with one attached hydrogen (secondary N) is 1. The number of aliphatic hydroxyl groups excluding tert-OH is 2. The summed E-state index contributed by atoms with van der Waals surface area (Å²) in [7, 11) is 0. The molecule has 0 amide bonds. The minimum absolute atomic E-state index is 0.255. The lowest BCUT2D eigenvalue weighted by Crippen LogP contribution is -2.30. The van der Waals surface area contributed by atoms with Gasteiger partial charge in [-0.05, 0) is 32.2 Å². The fourth-order valence-electron chi connectivity index (χ4n) is 1.15. The largest absolute Gasteiger partial charge is 0.396 e. The molecule has 1 unspecified atom stereocenters. The van der Waals surface area contributed by atoms with Crippen LogP contribution in [0.1, 0.15) is 32.6 Å². The number of aliphatic hydroxyl groups is 2. The maximum Gasteiger partial charge on any atom is 0.0445 e. The summed E-state index contributed by atoms with van der Waals surface area (Å²) >= 11 is 0. The average Bonchev–Trinajstić information content (AvgIpc) is 2.10. The van der Waals surface area contributed by atoms with E-state index in [2.05, 4.69) is 12.2 Å². The Bertz CT molecular complexity index is 88.6. The quantitative estimate of drug-likeness (QED) is 0.471. The van der Waals surface area contributed by atoms with Gasteiger partial charge in [-0.1, -0.05) is 6.92 Å². The molecule has 3 heteroatoms. The summed E-state index contributed by atoms with van der Waals surface area (Å²) in [6, 6.07) is 0.439. The predicted molar refractivity (Wildman–Crippen MR) is 50.1 cm³/mol. The smallest absolute Gasteiger partial charge is 0.0445 e. The summed E-state index contributed by atoms with van der Waals surface area (Å²) in [6.07, 6.45) is 3.76. The highest BCUT2D eigenvalue weighted by atomic mass is 16.3. The van der Waals surface area contributed by atoms with Crippen LogP contribution in [0.5, 0.6) is 0 Å². The average molecular weight is 175 g/mol. The highest BCUT2D eigenvalue weighted by Gasteiger charge is 2.02. The van der Waals surface area contributed by atoms with Gasteiger partial charge in [0.1, 0.15) is 0 Å². The van der Waals surface area contributed by atoms with Crippen molar-refractivity contribution in [3.63, 3.8) is 0 Å². The van der Waals surface area contributed by atoms with Gasteiger partial charge in [0.05, 0.1) is 0 Å². The third-order valence-corrected chi connectivity index (χ3v) is 1.99. The third kappa shape index (κ3) is 6.58. The first-order chi connectivity index (χ1) is 5.85. The molecule has 0 bridgehead atoms. The van der Waals surface area contributed by atoms with Crippen molar-refractivity contribution < 1.29 is 10.2 Å². The highest BCUT2D eigenvalue weighted by Crippen LogP contribution is 1.96. The van der Waals surface area contributed by atoms with Crippen molar-refractivity contribution >= 4 is 0 Å². The molecule has 3 nitrogen and oxygen atoms in total. The van der Waals surface area contributed by atoms with Crippen molar-refractivity contribution in [3.8, 4) is 0 Å². The minimum atomic E-state index is 0.255. The normalized spacial score (nSPS) is 13.2. The molecule has 0 saturated heterocycles. The number of unbranched alkanes of at least 4 members (excludes halogenated alkanes) is 1. The first kappa shape index (κ1) is 11.9. The summed E-state index contributed by atoms with van der Waals surface area (Å²) < 4.78 is 0. The van der Waals surface area contributed by atoms with Crippen molar-refractivity contribution in [1.29, 1.82) is 0 Å². The van der Waals surface area contributed by atoms with Gasteiger partial charge < -0.3 is 15.5 Å². The molecule has 0 aromatic carbocycles. The second kappa shape index (κ2) is 8.97. The minimum Gasteiger partial charge on any atom is -0.396 e. The summed E-state index contributed by atoms with van der Waals surface area (Å²) in [6.45, 7) is 3.59. The Morgan fingerprint density at radius 2 is 1.92 bits per heavy atom. The van der Waals surface area contributed by atoms with Crippen LogP contribution in [0.2, 0.25) is 0 Å². The molecule has 0 saturated carbocycles. The maximum absolute atomic E-state index is 8.69. The highest BCUT2D eigenvalue weighted by molar-refractivity contribution is 4.63. The molecule has 0 radical (unpaired) electrons. The van der Waals surface area contributed by atoms with Crippen LogP contribution in [0.3, 0.4) is 0 Å². The van der Waals surface area contributed by atoms with Crippen LogP contribution in [-0.2, 0) is 0 Å². The van der Waals surface area contributed by atoms with E-state index in [0.717, 1.165) is 32.2 Å². The van der Waals surface area contributed by atoms with E-state index < -0.39 is 0 Å². The molecular weight excluding hydrogens is 154 g/mol. The summed E-state index contributed by atoms with van der Waals surface area (Å²) in [5.41, 5.74) is 0. The fourth-order valence-corrected chi connectivity index (χ4v) is 1.15. The molecule has 0 rings (SSSR count). The van der Waals surface area contributed by atoms with E-state index in [1.807, 2.05) is 0 Å². The monoisotopic (exact) mass is 175 g/mol. The Balaban J connectivity index is 3.19. The summed E-state index contributed by atoms with van der Waals surface area (Å²) in [5, 5.41) is 20.5. The first-order valence-corrected chi connectivity index (χ1v) is 4.80. The van der Waals surface area contributed by atoms with Crippen LogP contribution in [-0.4, -0.2) is 36.0 Å². The number of hydrogen-bond acceptors (Lipinski definition) is 3. The van der Waals surface area contributed by atoms with E-state index in [1.54, 1.807) is 0 Å². The van der Waals surface area contributed by atoms with Gasteiger partial charge in [0.25, 0.3) is 0 Å². The second-order valence-corrected chi connectivity index (χ2v) is 3.00. The Kier molecular flexibility index (Phi) is 8.88. The lowest BCUT2D eigenvalue weighted by atomic mass is 10.1. The van der Waals surface area contributed by atoms with Gasteiger partial charge in [0, 0.05) is 19.3 Å². The van der Waals surface area contributed by atoms with Crippen LogP contribution >= 0.6 is 0 Å². The van der Waals surface area contributed by atoms with Crippen LogP contribution in [0.4, 0.5) is 0 Å². The summed E-state index contributed by atoms with van der Waals surface area (Å²) in [4.78, 5) is 0. The van der Waals surface area contributed by atoms with Gasteiger partial charge in [-0.2, -0.15) is 0 Å². The van der Waals surface area contributed by atoms with Crippen molar-refractivity contribution in [2.45, 2.75) is 38.6 Å². The lowest BCUT2D eigenvalue weighted by Gasteiger charge is -2.14. The maximum atomic E-state index is 8.69. The molecule has 0 aromatic rings. The van der Waals surface area contributed by atoms with E-state index in [-0.39, 0.29) is 13.2 Å². The van der Waals surface area contributed by atoms with Gasteiger partial charge in [0.15, 0.2) is 0 Å². The molecule has 0 fully saturated rings. The zero-order valence-corrected chi connectivity index (χ0v) is 7.92. The molecule has 12 heavy (non-hydrogen) atoms. The van der Waals surface area contributed by atoms with Gasteiger partial charge in [0.2, 0.25) is 0 Å². The van der Waals surface area contributed by atoms with Crippen molar-refractivity contribution in [2.75, 3.05) is 19.8 Å². The Morgan fingerprint density at radius 1 is 1.17 bits per heavy atom. The topological polar surface area (TPSA) is 52.5 Å². The van der Waals surface area contributed by atoms with E-state index >= 15 is 0 Å². The van der Waals surface area contributed by atoms with Gasteiger partial charge in [-0.3, -0.25) is 0 Å². The molecule has 1 atom stereocenters. The second-order valence-electron chi connectivity index (χ2n) is 3.00. The van der Waals surface area contributed by atoms with E-state index in [9.17, 15) is 0 Å². The zero-order chi connectivity index (χ0) is 9.23. The van der Waals surface area contributed by atoms with Crippen LogP contribution in [0, 0.1) is 0 Å².